The van der Waals surface area contributed by atoms with Crippen molar-refractivity contribution in [1.29, 1.82) is 0 Å². The lowest BCUT2D eigenvalue weighted by molar-refractivity contribution is -0.140. The molecule has 3 rings (SSSR count). The zero-order valence-electron chi connectivity index (χ0n) is 23.5. The van der Waals surface area contributed by atoms with E-state index < -0.39 is 0 Å². The van der Waals surface area contributed by atoms with Crippen molar-refractivity contribution in [3.63, 3.8) is 0 Å². The quantitative estimate of drug-likeness (QED) is 0.130. The summed E-state index contributed by atoms with van der Waals surface area (Å²) in [5.74, 6) is 1.89. The van der Waals surface area contributed by atoms with Gasteiger partial charge >= 0.3 is 5.97 Å². The zero-order chi connectivity index (χ0) is 29.0. The third-order valence-electron chi connectivity index (χ3n) is 6.36. The summed E-state index contributed by atoms with van der Waals surface area (Å²) in [6.45, 7) is 5.81. The predicted molar refractivity (Wildman–Crippen MR) is 147 cm³/mol. The number of carbonyl (C=O) groups excluding carboxylic acids is 4. The molecular weight excluding hydrogens is 530 g/mol. The summed E-state index contributed by atoms with van der Waals surface area (Å²) in [7, 11) is 1.39. The lowest BCUT2D eigenvalue weighted by atomic mass is 10.2. The molecule has 0 aliphatic carbocycles. The Morgan fingerprint density at radius 3 is 2.18 bits per heavy atom. The number of aliphatic hydroxyl groups is 2. The largest absolute Gasteiger partial charge is 0.469 e. The van der Waals surface area contributed by atoms with Gasteiger partial charge in [0.05, 0.1) is 45.1 Å². The molecule has 0 aromatic rings. The number of ether oxygens (including phenoxy) is 3. The second-order valence-electron chi connectivity index (χ2n) is 9.40. The second-order valence-corrected chi connectivity index (χ2v) is 10.6. The van der Waals surface area contributed by atoms with Crippen LogP contribution in [-0.4, -0.2) is 115 Å². The molecule has 39 heavy (non-hydrogen) atoms. The van der Waals surface area contributed by atoms with Crippen LogP contribution in [0.1, 0.15) is 65.2 Å². The summed E-state index contributed by atoms with van der Waals surface area (Å²) >= 11 is 1.72. The number of carbonyl (C=O) groups is 4. The van der Waals surface area contributed by atoms with Gasteiger partial charge in [0, 0.05) is 44.6 Å². The minimum atomic E-state index is -0.178. The van der Waals surface area contributed by atoms with Crippen LogP contribution in [0.4, 0.5) is 0 Å². The number of likely N-dealkylation sites (tertiary alicyclic amines) is 1. The number of amides is 3. The first-order chi connectivity index (χ1) is 18.7. The molecule has 0 aromatic carbocycles. The minimum Gasteiger partial charge on any atom is -0.469 e. The van der Waals surface area contributed by atoms with E-state index in [0.717, 1.165) is 37.2 Å². The number of nitrogens with one attached hydrogen (secondary N) is 2. The highest BCUT2D eigenvalue weighted by molar-refractivity contribution is 7.99. The number of thioether (sulfide) groups is 1. The normalized spacial score (nSPS) is 22.8. The van der Waals surface area contributed by atoms with Gasteiger partial charge in [-0.2, -0.15) is 11.8 Å². The van der Waals surface area contributed by atoms with Gasteiger partial charge in [0.25, 0.3) is 0 Å². The van der Waals surface area contributed by atoms with Gasteiger partial charge in [-0.1, -0.05) is 0 Å². The molecule has 4 N–H and O–H groups in total. The maximum Gasteiger partial charge on any atom is 0.305 e. The zero-order valence-corrected chi connectivity index (χ0v) is 24.3. The maximum absolute atomic E-state index is 11.5. The molecular formula is C26H47N3O9S. The Kier molecular flexibility index (Phi) is 18.8. The second kappa shape index (κ2) is 20.9. The summed E-state index contributed by atoms with van der Waals surface area (Å²) in [5, 5.41) is 23.0. The highest BCUT2D eigenvalue weighted by atomic mass is 32.2. The molecule has 0 spiro atoms. The number of rotatable bonds is 14. The molecule has 0 aromatic heterocycles. The molecule has 4 atom stereocenters. The predicted octanol–water partition coefficient (Wildman–Crippen LogP) is 0.578. The minimum absolute atomic E-state index is 0.00756. The summed E-state index contributed by atoms with van der Waals surface area (Å²) in [6, 6.07) is 0.214. The summed E-state index contributed by atoms with van der Waals surface area (Å²) in [4.78, 5) is 45.4. The molecule has 3 aliphatic rings. The van der Waals surface area contributed by atoms with Crippen molar-refractivity contribution in [2.75, 3.05) is 51.6 Å². The van der Waals surface area contributed by atoms with Crippen LogP contribution >= 0.6 is 11.8 Å². The summed E-state index contributed by atoms with van der Waals surface area (Å²) in [6.07, 6.45) is 5.25. The van der Waals surface area contributed by atoms with Crippen molar-refractivity contribution in [3.8, 4) is 0 Å². The first-order valence-corrected chi connectivity index (χ1v) is 14.9. The van der Waals surface area contributed by atoms with Crippen molar-refractivity contribution in [2.45, 2.75) is 89.6 Å². The Morgan fingerprint density at radius 2 is 1.67 bits per heavy atom. The standard InChI is InChI=1S/C12H21NO4S.C9H17NO3.C5H9NO2/c1-17-12(16)3-2-7-18-8-6-13-10(9-14)4-5-11(13)15;1-3-12-7(2)13-6-8-4-5-9(11)10-8;7-3-4-1-2-5(8)6-4/h10,14H,2-9H2,1H3;7-8H,3-6H2,1-2H3,(H,10,11);4,7H,1-3H2,(H,6,8)/t10-;7?,8-;4-/m111/s1. The van der Waals surface area contributed by atoms with Crippen molar-refractivity contribution < 1.29 is 43.6 Å². The Labute approximate surface area is 235 Å². The van der Waals surface area contributed by atoms with Crippen LogP contribution in [0.15, 0.2) is 0 Å². The third-order valence-corrected chi connectivity index (χ3v) is 7.41. The monoisotopic (exact) mass is 577 g/mol. The van der Waals surface area contributed by atoms with E-state index >= 15 is 0 Å². The van der Waals surface area contributed by atoms with Crippen LogP contribution in [0.5, 0.6) is 0 Å². The molecule has 13 heteroatoms. The lowest BCUT2D eigenvalue weighted by Crippen LogP contribution is -2.37. The van der Waals surface area contributed by atoms with Crippen molar-refractivity contribution in [1.82, 2.24) is 15.5 Å². The summed E-state index contributed by atoms with van der Waals surface area (Å²) in [5.41, 5.74) is 0. The van der Waals surface area contributed by atoms with Crippen LogP contribution in [0.25, 0.3) is 0 Å². The number of hydrogen-bond donors (Lipinski definition) is 4. The number of hydrogen-bond acceptors (Lipinski definition) is 10. The molecule has 12 nitrogen and oxygen atoms in total. The van der Waals surface area contributed by atoms with Gasteiger partial charge < -0.3 is 40.0 Å². The lowest BCUT2D eigenvalue weighted by Gasteiger charge is -2.22. The SMILES string of the molecule is CCOC(C)OC[C@H]1CCC(=O)N1.COC(=O)CCCSCCN1C(=O)CC[C@@H]1CO.O=C1CC[C@H](CO)N1. The van der Waals surface area contributed by atoms with E-state index in [0.29, 0.717) is 45.4 Å². The molecule has 226 valence electrons. The third kappa shape index (κ3) is 15.4. The van der Waals surface area contributed by atoms with Crippen LogP contribution in [-0.2, 0) is 33.4 Å². The number of esters is 1. The smallest absolute Gasteiger partial charge is 0.305 e. The fourth-order valence-corrected chi connectivity index (χ4v) is 5.01. The summed E-state index contributed by atoms with van der Waals surface area (Å²) < 4.78 is 15.1. The van der Waals surface area contributed by atoms with Crippen molar-refractivity contribution in [2.24, 2.45) is 0 Å². The van der Waals surface area contributed by atoms with Gasteiger partial charge in [-0.05, 0) is 45.3 Å². The number of aliphatic hydroxyl groups excluding tert-OH is 2. The molecule has 1 unspecified atom stereocenters. The van der Waals surface area contributed by atoms with E-state index in [1.165, 1.54) is 7.11 Å². The number of nitrogens with zero attached hydrogens (tertiary/aromatic N) is 1. The molecule has 0 bridgehead atoms. The molecule has 3 fully saturated rings. The van der Waals surface area contributed by atoms with Crippen LogP contribution < -0.4 is 10.6 Å². The Morgan fingerprint density at radius 1 is 1.00 bits per heavy atom. The van der Waals surface area contributed by atoms with Crippen molar-refractivity contribution in [3.05, 3.63) is 0 Å². The van der Waals surface area contributed by atoms with Gasteiger partial charge in [-0.3, -0.25) is 19.2 Å². The maximum atomic E-state index is 11.5. The average molecular weight is 578 g/mol. The van der Waals surface area contributed by atoms with Crippen LogP contribution in [0.2, 0.25) is 0 Å². The Balaban J connectivity index is 0.000000315. The number of methoxy groups -OCH3 is 1. The topological polar surface area (TPSA) is 164 Å². The fraction of sp³-hybridized carbons (Fsp3) is 0.846. The first kappa shape index (κ1) is 35.1. The molecule has 3 saturated heterocycles. The van der Waals surface area contributed by atoms with Crippen LogP contribution in [0, 0.1) is 0 Å². The van der Waals surface area contributed by atoms with Gasteiger partial charge in [0.15, 0.2) is 6.29 Å². The average Bonchev–Trinajstić information content (AvgIpc) is 3.65. The first-order valence-electron chi connectivity index (χ1n) is 13.7. The Hall–Kier alpha value is -1.93. The van der Waals surface area contributed by atoms with E-state index in [1.54, 1.807) is 16.7 Å². The van der Waals surface area contributed by atoms with Crippen LogP contribution in [0.3, 0.4) is 0 Å². The van der Waals surface area contributed by atoms with E-state index in [-0.39, 0.29) is 61.3 Å². The molecule has 3 amide bonds. The van der Waals surface area contributed by atoms with E-state index in [4.69, 9.17) is 19.7 Å². The molecule has 0 radical (unpaired) electrons. The Bertz CT molecular complexity index is 743. The van der Waals surface area contributed by atoms with Gasteiger partial charge in [0.2, 0.25) is 17.7 Å². The molecule has 3 aliphatic heterocycles. The fourth-order valence-electron chi connectivity index (χ4n) is 4.13. The van der Waals surface area contributed by atoms with E-state index in [9.17, 15) is 19.2 Å². The van der Waals surface area contributed by atoms with E-state index in [2.05, 4.69) is 15.4 Å². The molecule has 0 saturated carbocycles. The van der Waals surface area contributed by atoms with Gasteiger partial charge in [-0.15, -0.1) is 0 Å². The van der Waals surface area contributed by atoms with Gasteiger partial charge in [0.1, 0.15) is 0 Å². The van der Waals surface area contributed by atoms with Crippen molar-refractivity contribution >= 4 is 35.5 Å². The highest BCUT2D eigenvalue weighted by Crippen LogP contribution is 2.19. The van der Waals surface area contributed by atoms with E-state index in [1.807, 2.05) is 13.8 Å². The van der Waals surface area contributed by atoms with Gasteiger partial charge in [-0.25, -0.2) is 0 Å². The highest BCUT2D eigenvalue weighted by Gasteiger charge is 2.29. The molecule has 3 heterocycles.